The van der Waals surface area contributed by atoms with Crippen molar-refractivity contribution in [2.45, 2.75) is 32.2 Å². The SMILES string of the molecule is CCc1noc(-c2cn(C3CCN(C(=O)c4cccc(N(C)C)c4)CC3)nn2)n1. The summed E-state index contributed by atoms with van der Waals surface area (Å²) < 4.78 is 7.08. The van der Waals surface area contributed by atoms with Gasteiger partial charge in [0.05, 0.1) is 12.2 Å². The van der Waals surface area contributed by atoms with Gasteiger partial charge in [-0.25, -0.2) is 4.68 Å². The van der Waals surface area contributed by atoms with Gasteiger partial charge in [0.2, 0.25) is 0 Å². The average molecular weight is 395 g/mol. The minimum atomic E-state index is 0.0735. The molecule has 9 nitrogen and oxygen atoms in total. The highest BCUT2D eigenvalue weighted by molar-refractivity contribution is 5.95. The van der Waals surface area contributed by atoms with Gasteiger partial charge in [0.1, 0.15) is 0 Å². The summed E-state index contributed by atoms with van der Waals surface area (Å²) >= 11 is 0. The number of hydrogen-bond acceptors (Lipinski definition) is 7. The van der Waals surface area contributed by atoms with Gasteiger partial charge < -0.3 is 14.3 Å². The highest BCUT2D eigenvalue weighted by Gasteiger charge is 2.26. The molecule has 0 radical (unpaired) electrons. The van der Waals surface area contributed by atoms with Crippen molar-refractivity contribution >= 4 is 11.6 Å². The third-order valence-electron chi connectivity index (χ3n) is 5.25. The molecule has 29 heavy (non-hydrogen) atoms. The summed E-state index contributed by atoms with van der Waals surface area (Å²) in [4.78, 5) is 21.1. The first-order valence-corrected chi connectivity index (χ1v) is 9.86. The normalized spacial score (nSPS) is 14.9. The Balaban J connectivity index is 1.39. The maximum Gasteiger partial charge on any atom is 0.280 e. The second kappa shape index (κ2) is 8.02. The predicted molar refractivity (Wildman–Crippen MR) is 108 cm³/mol. The number of anilines is 1. The predicted octanol–water partition coefficient (Wildman–Crippen LogP) is 2.43. The first kappa shape index (κ1) is 19.1. The van der Waals surface area contributed by atoms with Gasteiger partial charge in [0.15, 0.2) is 11.5 Å². The van der Waals surface area contributed by atoms with Crippen LogP contribution in [0.25, 0.3) is 11.6 Å². The van der Waals surface area contributed by atoms with Crippen LogP contribution in [-0.2, 0) is 6.42 Å². The molecular weight excluding hydrogens is 370 g/mol. The molecule has 1 aliphatic rings. The molecule has 4 rings (SSSR count). The van der Waals surface area contributed by atoms with Crippen molar-refractivity contribution in [3.8, 4) is 11.6 Å². The number of piperidine rings is 1. The van der Waals surface area contributed by atoms with Crippen LogP contribution < -0.4 is 4.90 Å². The zero-order chi connectivity index (χ0) is 20.4. The van der Waals surface area contributed by atoms with Crippen molar-refractivity contribution in [3.05, 3.63) is 41.9 Å². The summed E-state index contributed by atoms with van der Waals surface area (Å²) in [6.07, 6.45) is 4.20. The molecule has 0 unspecified atom stereocenters. The second-order valence-corrected chi connectivity index (χ2v) is 7.42. The quantitative estimate of drug-likeness (QED) is 0.655. The summed E-state index contributed by atoms with van der Waals surface area (Å²) in [5.74, 6) is 1.12. The third kappa shape index (κ3) is 3.98. The fraction of sp³-hybridized carbons (Fsp3) is 0.450. The maximum absolute atomic E-state index is 12.9. The Kier molecular flexibility index (Phi) is 5.28. The summed E-state index contributed by atoms with van der Waals surface area (Å²) in [6.45, 7) is 3.34. The summed E-state index contributed by atoms with van der Waals surface area (Å²) in [5.41, 5.74) is 2.32. The van der Waals surface area contributed by atoms with Gasteiger partial charge in [-0.2, -0.15) is 4.98 Å². The standard InChI is InChI=1S/C20H25N7O2/c1-4-18-21-19(29-23-18)17-13-27(24-22-17)15-8-10-26(11-9-15)20(28)14-6-5-7-16(12-14)25(2)3/h5-7,12-13,15H,4,8-11H2,1-3H3. The number of aryl methyl sites for hydroxylation is 1. The number of amides is 1. The van der Waals surface area contributed by atoms with E-state index >= 15 is 0 Å². The Morgan fingerprint density at radius 1 is 1.28 bits per heavy atom. The summed E-state index contributed by atoms with van der Waals surface area (Å²) in [5, 5.41) is 12.3. The fourth-order valence-electron chi connectivity index (χ4n) is 3.49. The highest BCUT2D eigenvalue weighted by Crippen LogP contribution is 2.25. The number of aromatic nitrogens is 5. The molecule has 3 aromatic rings. The van der Waals surface area contributed by atoms with Gasteiger partial charge >= 0.3 is 0 Å². The number of nitrogens with zero attached hydrogens (tertiary/aromatic N) is 7. The van der Waals surface area contributed by atoms with Crippen LogP contribution in [0.2, 0.25) is 0 Å². The van der Waals surface area contributed by atoms with Crippen molar-refractivity contribution in [1.29, 1.82) is 0 Å². The van der Waals surface area contributed by atoms with Gasteiger partial charge in [0.25, 0.3) is 11.8 Å². The van der Waals surface area contributed by atoms with Crippen molar-refractivity contribution in [2.75, 3.05) is 32.1 Å². The molecule has 0 spiro atoms. The monoisotopic (exact) mass is 395 g/mol. The molecule has 0 aliphatic carbocycles. The topological polar surface area (TPSA) is 93.2 Å². The van der Waals surface area contributed by atoms with Crippen molar-refractivity contribution in [2.24, 2.45) is 0 Å². The van der Waals surface area contributed by atoms with Gasteiger partial charge in [-0.15, -0.1) is 5.10 Å². The van der Waals surface area contributed by atoms with Crippen LogP contribution in [0.5, 0.6) is 0 Å². The van der Waals surface area contributed by atoms with E-state index in [0.29, 0.717) is 36.9 Å². The third-order valence-corrected chi connectivity index (χ3v) is 5.25. The van der Waals surface area contributed by atoms with Gasteiger partial charge in [0, 0.05) is 44.9 Å². The van der Waals surface area contributed by atoms with Crippen LogP contribution in [-0.4, -0.2) is 63.1 Å². The Morgan fingerprint density at radius 3 is 2.76 bits per heavy atom. The molecular formula is C20H25N7O2. The Bertz CT molecular complexity index is 986. The lowest BCUT2D eigenvalue weighted by molar-refractivity contribution is 0.0689. The zero-order valence-electron chi connectivity index (χ0n) is 16.9. The van der Waals surface area contributed by atoms with Crippen LogP contribution in [0.15, 0.2) is 35.0 Å². The van der Waals surface area contributed by atoms with Gasteiger partial charge in [-0.1, -0.05) is 23.4 Å². The second-order valence-electron chi connectivity index (χ2n) is 7.42. The lowest BCUT2D eigenvalue weighted by Crippen LogP contribution is -2.39. The van der Waals surface area contributed by atoms with E-state index < -0.39 is 0 Å². The maximum atomic E-state index is 12.9. The van der Waals surface area contributed by atoms with Crippen molar-refractivity contribution in [3.63, 3.8) is 0 Å². The number of carbonyl (C=O) groups excluding carboxylic acids is 1. The lowest BCUT2D eigenvalue weighted by atomic mass is 10.0. The number of benzene rings is 1. The van der Waals surface area contributed by atoms with Crippen LogP contribution in [0.4, 0.5) is 5.69 Å². The molecule has 2 aromatic heterocycles. The van der Waals surface area contributed by atoms with E-state index in [1.54, 1.807) is 0 Å². The Labute approximate surface area is 169 Å². The first-order valence-electron chi connectivity index (χ1n) is 9.86. The molecule has 1 aliphatic heterocycles. The highest BCUT2D eigenvalue weighted by atomic mass is 16.5. The lowest BCUT2D eigenvalue weighted by Gasteiger charge is -2.32. The summed E-state index contributed by atoms with van der Waals surface area (Å²) in [6, 6.07) is 7.93. The van der Waals surface area contributed by atoms with Gasteiger partial charge in [-0.3, -0.25) is 4.79 Å². The van der Waals surface area contributed by atoms with Crippen molar-refractivity contribution in [1.82, 2.24) is 30.0 Å². The minimum absolute atomic E-state index is 0.0735. The molecule has 0 N–H and O–H groups in total. The molecule has 1 saturated heterocycles. The number of likely N-dealkylation sites (tertiary alicyclic amines) is 1. The molecule has 0 atom stereocenters. The molecule has 9 heteroatoms. The zero-order valence-corrected chi connectivity index (χ0v) is 16.9. The van der Waals surface area contributed by atoms with E-state index in [1.165, 1.54) is 0 Å². The Morgan fingerprint density at radius 2 is 2.07 bits per heavy atom. The molecule has 0 bridgehead atoms. The number of carbonyl (C=O) groups is 1. The molecule has 1 aromatic carbocycles. The van der Waals surface area contributed by atoms with E-state index in [0.717, 1.165) is 24.1 Å². The molecule has 0 saturated carbocycles. The van der Waals surface area contributed by atoms with Crippen LogP contribution >= 0.6 is 0 Å². The molecule has 152 valence electrons. The smallest absolute Gasteiger partial charge is 0.280 e. The molecule has 1 fully saturated rings. The number of hydrogen-bond donors (Lipinski definition) is 0. The van der Waals surface area contributed by atoms with Crippen LogP contribution in [0.1, 0.15) is 42.0 Å². The van der Waals surface area contributed by atoms with E-state index in [2.05, 4.69) is 20.5 Å². The van der Waals surface area contributed by atoms with E-state index in [4.69, 9.17) is 4.52 Å². The van der Waals surface area contributed by atoms with E-state index in [9.17, 15) is 4.79 Å². The largest absolute Gasteiger partial charge is 0.378 e. The van der Waals surface area contributed by atoms with E-state index in [-0.39, 0.29) is 11.9 Å². The fourth-order valence-corrected chi connectivity index (χ4v) is 3.49. The van der Waals surface area contributed by atoms with Crippen LogP contribution in [0, 0.1) is 0 Å². The molecule has 1 amide bonds. The number of rotatable bonds is 5. The van der Waals surface area contributed by atoms with Crippen molar-refractivity contribution < 1.29 is 9.32 Å². The average Bonchev–Trinajstić information content (AvgIpc) is 3.43. The van der Waals surface area contributed by atoms with Crippen LogP contribution in [0.3, 0.4) is 0 Å². The first-order chi connectivity index (χ1) is 14.0. The minimum Gasteiger partial charge on any atom is -0.378 e. The Hall–Kier alpha value is -3.23. The summed E-state index contributed by atoms with van der Waals surface area (Å²) in [7, 11) is 3.94. The van der Waals surface area contributed by atoms with E-state index in [1.807, 2.05) is 66.0 Å². The molecule has 3 heterocycles. The van der Waals surface area contributed by atoms with Gasteiger partial charge in [-0.05, 0) is 31.0 Å².